The fraction of sp³-hybridized carbons (Fsp3) is 0.0526. The van der Waals surface area contributed by atoms with E-state index in [1.807, 2.05) is 24.3 Å². The third-order valence-corrected chi connectivity index (χ3v) is 4.04. The number of fused-ring (bicyclic) bond motifs is 1. The molecule has 0 unspecified atom stereocenters. The molecule has 0 fully saturated rings. The molecule has 23 heavy (non-hydrogen) atoms. The molecule has 112 valence electrons. The minimum absolute atomic E-state index is 0.343. The predicted octanol–water partition coefficient (Wildman–Crippen LogP) is 2.80. The number of nitrogens with one attached hydrogen (secondary N) is 2. The molecule has 2 N–H and O–H groups in total. The van der Waals surface area contributed by atoms with E-state index in [1.165, 1.54) is 11.6 Å². The summed E-state index contributed by atoms with van der Waals surface area (Å²) in [4.78, 5) is 26.4. The number of benzene rings is 2. The maximum atomic E-state index is 11.9. The monoisotopic (exact) mass is 302 g/mol. The summed E-state index contributed by atoms with van der Waals surface area (Å²) >= 11 is 0. The van der Waals surface area contributed by atoms with Gasteiger partial charge in [-0.15, -0.1) is 0 Å². The Hall–Kier alpha value is -3.14. The van der Waals surface area contributed by atoms with Gasteiger partial charge in [-0.05, 0) is 29.7 Å². The summed E-state index contributed by atoms with van der Waals surface area (Å²) in [5.74, 6) is -0.704. The van der Waals surface area contributed by atoms with Crippen LogP contribution in [-0.2, 0) is 16.0 Å². The highest BCUT2D eigenvalue weighted by Crippen LogP contribution is 2.28. The summed E-state index contributed by atoms with van der Waals surface area (Å²) in [5, 5.41) is 3.24. The van der Waals surface area contributed by atoms with Crippen molar-refractivity contribution in [1.82, 2.24) is 10.3 Å². The number of imide groups is 1. The van der Waals surface area contributed by atoms with E-state index < -0.39 is 0 Å². The van der Waals surface area contributed by atoms with E-state index in [4.69, 9.17) is 0 Å². The molecule has 4 nitrogen and oxygen atoms in total. The van der Waals surface area contributed by atoms with E-state index in [0.717, 1.165) is 28.5 Å². The van der Waals surface area contributed by atoms with Crippen LogP contribution in [0.2, 0.25) is 0 Å². The number of aromatic amines is 1. The van der Waals surface area contributed by atoms with Crippen LogP contribution in [0.4, 0.5) is 0 Å². The first-order chi connectivity index (χ1) is 11.2. The van der Waals surface area contributed by atoms with E-state index >= 15 is 0 Å². The van der Waals surface area contributed by atoms with Crippen molar-refractivity contribution in [2.45, 2.75) is 6.42 Å². The molecule has 2 aromatic carbocycles. The van der Waals surface area contributed by atoms with Crippen molar-refractivity contribution < 1.29 is 9.59 Å². The van der Waals surface area contributed by atoms with Gasteiger partial charge in [-0.3, -0.25) is 14.9 Å². The lowest BCUT2D eigenvalue weighted by atomic mass is 10.00. The topological polar surface area (TPSA) is 62.0 Å². The quantitative estimate of drug-likeness (QED) is 0.731. The first-order valence-corrected chi connectivity index (χ1v) is 7.42. The summed E-state index contributed by atoms with van der Waals surface area (Å²) in [6, 6.07) is 16.4. The zero-order valence-electron chi connectivity index (χ0n) is 12.3. The standard InChI is InChI=1S/C19H14N2O2/c22-18-10-15(19(23)21-18)16-11-20-17-7-6-13(9-14(16)17)8-12-4-2-1-3-5-12/h1-7,9-11,20H,8H2,(H,21,22,23). The van der Waals surface area contributed by atoms with Crippen molar-refractivity contribution in [3.05, 3.63) is 77.5 Å². The number of hydrogen-bond acceptors (Lipinski definition) is 2. The van der Waals surface area contributed by atoms with Gasteiger partial charge in [0, 0.05) is 28.7 Å². The van der Waals surface area contributed by atoms with Crippen LogP contribution >= 0.6 is 0 Å². The second-order valence-electron chi connectivity index (χ2n) is 5.62. The molecule has 0 spiro atoms. The van der Waals surface area contributed by atoms with E-state index in [1.54, 1.807) is 6.20 Å². The molecule has 3 aromatic rings. The average molecular weight is 302 g/mol. The fourth-order valence-corrected chi connectivity index (χ4v) is 2.94. The summed E-state index contributed by atoms with van der Waals surface area (Å²) in [6.45, 7) is 0. The molecule has 0 atom stereocenters. The Morgan fingerprint density at radius 2 is 1.74 bits per heavy atom. The predicted molar refractivity (Wildman–Crippen MR) is 88.7 cm³/mol. The second-order valence-corrected chi connectivity index (χ2v) is 5.62. The van der Waals surface area contributed by atoms with Gasteiger partial charge in [0.1, 0.15) is 0 Å². The zero-order valence-corrected chi connectivity index (χ0v) is 12.3. The van der Waals surface area contributed by atoms with Gasteiger partial charge in [-0.25, -0.2) is 0 Å². The van der Waals surface area contributed by atoms with Crippen molar-refractivity contribution in [2.75, 3.05) is 0 Å². The Labute approximate surface area is 132 Å². The maximum absolute atomic E-state index is 11.9. The Morgan fingerprint density at radius 3 is 2.48 bits per heavy atom. The minimum atomic E-state index is -0.361. The van der Waals surface area contributed by atoms with Crippen LogP contribution in [-0.4, -0.2) is 16.8 Å². The third-order valence-electron chi connectivity index (χ3n) is 4.04. The van der Waals surface area contributed by atoms with Crippen LogP contribution in [0, 0.1) is 0 Å². The normalized spacial score (nSPS) is 14.2. The fourth-order valence-electron chi connectivity index (χ4n) is 2.94. The molecule has 0 saturated heterocycles. The van der Waals surface area contributed by atoms with Crippen molar-refractivity contribution in [3.8, 4) is 0 Å². The average Bonchev–Trinajstić information content (AvgIpc) is 3.10. The molecule has 2 heterocycles. The Balaban J connectivity index is 1.76. The third kappa shape index (κ3) is 2.44. The molecule has 4 rings (SSSR count). The van der Waals surface area contributed by atoms with Crippen LogP contribution in [0.25, 0.3) is 16.5 Å². The van der Waals surface area contributed by atoms with Crippen molar-refractivity contribution in [2.24, 2.45) is 0 Å². The second kappa shape index (κ2) is 5.25. The van der Waals surface area contributed by atoms with Gasteiger partial charge in [0.15, 0.2) is 0 Å². The molecule has 0 saturated carbocycles. The number of aromatic nitrogens is 1. The van der Waals surface area contributed by atoms with Crippen LogP contribution in [0.1, 0.15) is 16.7 Å². The smallest absolute Gasteiger partial charge is 0.258 e. The van der Waals surface area contributed by atoms with Gasteiger partial charge in [0.05, 0.1) is 5.57 Å². The van der Waals surface area contributed by atoms with Crippen LogP contribution < -0.4 is 5.32 Å². The highest BCUT2D eigenvalue weighted by Gasteiger charge is 2.24. The Kier molecular flexibility index (Phi) is 3.08. The molecule has 1 aliphatic rings. The Morgan fingerprint density at radius 1 is 0.913 bits per heavy atom. The van der Waals surface area contributed by atoms with Gasteiger partial charge in [0.25, 0.3) is 11.8 Å². The summed E-state index contributed by atoms with van der Waals surface area (Å²) < 4.78 is 0. The minimum Gasteiger partial charge on any atom is -0.361 e. The highest BCUT2D eigenvalue weighted by atomic mass is 16.2. The van der Waals surface area contributed by atoms with Gasteiger partial charge < -0.3 is 4.98 Å². The lowest BCUT2D eigenvalue weighted by molar-refractivity contribution is -0.123. The number of carbonyl (C=O) groups is 2. The molecule has 1 aromatic heterocycles. The molecular formula is C19H14N2O2. The lowest BCUT2D eigenvalue weighted by Gasteiger charge is -2.04. The summed E-state index contributed by atoms with van der Waals surface area (Å²) in [6.07, 6.45) is 3.96. The van der Waals surface area contributed by atoms with E-state index in [2.05, 4.69) is 34.6 Å². The number of H-pyrrole nitrogens is 1. The lowest BCUT2D eigenvalue weighted by Crippen LogP contribution is -2.21. The highest BCUT2D eigenvalue weighted by molar-refractivity contribution is 6.35. The van der Waals surface area contributed by atoms with Gasteiger partial charge in [-0.2, -0.15) is 0 Å². The number of hydrogen-bond donors (Lipinski definition) is 2. The van der Waals surface area contributed by atoms with E-state index in [-0.39, 0.29) is 11.8 Å². The van der Waals surface area contributed by atoms with Crippen LogP contribution in [0.5, 0.6) is 0 Å². The van der Waals surface area contributed by atoms with Gasteiger partial charge in [-0.1, -0.05) is 36.4 Å². The molecule has 4 heteroatoms. The van der Waals surface area contributed by atoms with Crippen molar-refractivity contribution in [3.63, 3.8) is 0 Å². The largest absolute Gasteiger partial charge is 0.361 e. The van der Waals surface area contributed by atoms with Crippen molar-refractivity contribution in [1.29, 1.82) is 0 Å². The first kappa shape index (κ1) is 13.5. The SMILES string of the molecule is O=C1C=C(c2c[nH]c3ccc(Cc4ccccc4)cc23)C(=O)N1. The molecule has 0 radical (unpaired) electrons. The Bertz CT molecular complexity index is 952. The van der Waals surface area contributed by atoms with Gasteiger partial charge >= 0.3 is 0 Å². The molecule has 1 aliphatic heterocycles. The summed E-state index contributed by atoms with van der Waals surface area (Å²) in [7, 11) is 0. The number of amides is 2. The number of carbonyl (C=O) groups excluding carboxylic acids is 2. The summed E-state index contributed by atoms with van der Waals surface area (Å²) in [5.41, 5.74) is 4.52. The van der Waals surface area contributed by atoms with Crippen LogP contribution in [0.3, 0.4) is 0 Å². The van der Waals surface area contributed by atoms with Crippen molar-refractivity contribution >= 4 is 28.3 Å². The first-order valence-electron chi connectivity index (χ1n) is 7.42. The van der Waals surface area contributed by atoms with E-state index in [0.29, 0.717) is 5.57 Å². The van der Waals surface area contributed by atoms with Gasteiger partial charge in [0.2, 0.25) is 0 Å². The maximum Gasteiger partial charge on any atom is 0.258 e. The molecule has 0 bridgehead atoms. The number of rotatable bonds is 3. The molecule has 2 amide bonds. The van der Waals surface area contributed by atoms with E-state index in [9.17, 15) is 9.59 Å². The molecule has 0 aliphatic carbocycles. The molecular weight excluding hydrogens is 288 g/mol. The zero-order chi connectivity index (χ0) is 15.8. The van der Waals surface area contributed by atoms with Crippen LogP contribution in [0.15, 0.2) is 60.8 Å².